The van der Waals surface area contributed by atoms with Crippen molar-refractivity contribution in [3.05, 3.63) is 29.5 Å². The molecule has 0 spiro atoms. The van der Waals surface area contributed by atoms with Gasteiger partial charge in [-0.1, -0.05) is 52.4 Å². The van der Waals surface area contributed by atoms with Gasteiger partial charge in [0.25, 0.3) is 0 Å². The van der Waals surface area contributed by atoms with Crippen LogP contribution >= 0.6 is 0 Å². The van der Waals surface area contributed by atoms with Crippen LogP contribution in [0.4, 0.5) is 0 Å². The molecule has 0 N–H and O–H groups in total. The summed E-state index contributed by atoms with van der Waals surface area (Å²) in [5.74, 6) is 0. The maximum Gasteiger partial charge on any atom is 0.170 e. The van der Waals surface area contributed by atoms with E-state index in [0.717, 1.165) is 22.2 Å². The minimum Gasteiger partial charge on any atom is -0.356 e. The summed E-state index contributed by atoms with van der Waals surface area (Å²) >= 11 is 0. The molecule has 1 heterocycles. The standard InChI is InChI=1S/C9H9NO.2C2H6.CH4/c1-6-4-3-5-8-7(2)10-11-9(6)8;2*1-2;/h3-5H,1-2H3;2*1-2H3;1H4. The SMILES string of the molecule is C.CC.CC.Cc1noc2c(C)cccc12. The molecule has 1 aromatic carbocycles. The zero-order valence-electron chi connectivity index (χ0n) is 10.6. The zero-order chi connectivity index (χ0) is 11.8. The lowest BCUT2D eigenvalue weighted by Gasteiger charge is -1.89. The molecule has 0 aliphatic rings. The molecule has 2 heteroatoms. The summed E-state index contributed by atoms with van der Waals surface area (Å²) < 4.78 is 5.13. The van der Waals surface area contributed by atoms with Gasteiger partial charge in [0.1, 0.15) is 0 Å². The van der Waals surface area contributed by atoms with Crippen molar-refractivity contribution in [3.8, 4) is 0 Å². The monoisotopic (exact) mass is 223 g/mol. The lowest BCUT2D eigenvalue weighted by Crippen LogP contribution is -1.72. The first-order chi connectivity index (χ1) is 7.29. The Bertz CT molecular complexity index is 391. The fraction of sp³-hybridized carbons (Fsp3) is 0.500. The number of para-hydroxylation sites is 1. The molecule has 2 rings (SSSR count). The number of fused-ring (bicyclic) bond motifs is 1. The molecule has 1 aromatic heterocycles. The van der Waals surface area contributed by atoms with Crippen molar-refractivity contribution < 1.29 is 4.52 Å². The summed E-state index contributed by atoms with van der Waals surface area (Å²) in [5.41, 5.74) is 3.01. The first-order valence-electron chi connectivity index (χ1n) is 5.60. The molecule has 0 unspecified atom stereocenters. The Labute approximate surface area is 99.7 Å². The van der Waals surface area contributed by atoms with E-state index in [1.54, 1.807) is 0 Å². The van der Waals surface area contributed by atoms with E-state index in [1.807, 2.05) is 59.7 Å². The minimum absolute atomic E-state index is 0. The van der Waals surface area contributed by atoms with Crippen LogP contribution in [0, 0.1) is 13.8 Å². The Morgan fingerprint density at radius 2 is 1.56 bits per heavy atom. The van der Waals surface area contributed by atoms with Gasteiger partial charge in [0.05, 0.1) is 5.69 Å². The van der Waals surface area contributed by atoms with E-state index in [2.05, 4.69) is 5.16 Å². The molecule has 2 nitrogen and oxygen atoms in total. The molecule has 16 heavy (non-hydrogen) atoms. The third-order valence-corrected chi connectivity index (χ3v) is 1.88. The Kier molecular flexibility index (Phi) is 9.57. The summed E-state index contributed by atoms with van der Waals surface area (Å²) in [6, 6.07) is 6.06. The summed E-state index contributed by atoms with van der Waals surface area (Å²) in [6.07, 6.45) is 0. The molecular weight excluding hydrogens is 198 g/mol. The van der Waals surface area contributed by atoms with E-state index >= 15 is 0 Å². The third-order valence-electron chi connectivity index (χ3n) is 1.88. The minimum atomic E-state index is 0. The fourth-order valence-corrected chi connectivity index (χ4v) is 1.22. The van der Waals surface area contributed by atoms with Crippen LogP contribution in [0.3, 0.4) is 0 Å². The number of hydrogen-bond acceptors (Lipinski definition) is 2. The molecule has 0 saturated heterocycles. The van der Waals surface area contributed by atoms with E-state index in [1.165, 1.54) is 0 Å². The Morgan fingerprint density at radius 1 is 1.00 bits per heavy atom. The van der Waals surface area contributed by atoms with E-state index in [-0.39, 0.29) is 7.43 Å². The van der Waals surface area contributed by atoms with Gasteiger partial charge in [0.2, 0.25) is 0 Å². The predicted molar refractivity (Wildman–Crippen MR) is 72.9 cm³/mol. The molecule has 0 fully saturated rings. The Hall–Kier alpha value is -1.31. The van der Waals surface area contributed by atoms with Crippen LogP contribution in [0.1, 0.15) is 46.4 Å². The molecular formula is C14H25NO. The number of aryl methyl sites for hydroxylation is 2. The highest BCUT2D eigenvalue weighted by Crippen LogP contribution is 2.20. The van der Waals surface area contributed by atoms with Gasteiger partial charge in [-0.25, -0.2) is 0 Å². The van der Waals surface area contributed by atoms with Gasteiger partial charge in [-0.2, -0.15) is 0 Å². The topological polar surface area (TPSA) is 26.0 Å². The predicted octanol–water partition coefficient (Wildman–Crippen LogP) is 5.13. The Balaban J connectivity index is 0. The van der Waals surface area contributed by atoms with Gasteiger partial charge < -0.3 is 4.52 Å². The van der Waals surface area contributed by atoms with Crippen molar-refractivity contribution in [2.45, 2.75) is 49.0 Å². The summed E-state index contributed by atoms with van der Waals surface area (Å²) in [6.45, 7) is 12.0. The van der Waals surface area contributed by atoms with E-state index < -0.39 is 0 Å². The normalized spacial score (nSPS) is 8.12. The van der Waals surface area contributed by atoms with Gasteiger partial charge >= 0.3 is 0 Å². The van der Waals surface area contributed by atoms with Crippen molar-refractivity contribution in [2.75, 3.05) is 0 Å². The maximum absolute atomic E-state index is 5.13. The van der Waals surface area contributed by atoms with Crippen LogP contribution in [0.15, 0.2) is 22.7 Å². The highest BCUT2D eigenvalue weighted by atomic mass is 16.5. The average Bonchev–Trinajstić information content (AvgIpc) is 2.68. The highest BCUT2D eigenvalue weighted by molar-refractivity contribution is 5.81. The maximum atomic E-state index is 5.13. The second-order valence-electron chi connectivity index (χ2n) is 2.72. The van der Waals surface area contributed by atoms with Gasteiger partial charge in [-0.3, -0.25) is 0 Å². The summed E-state index contributed by atoms with van der Waals surface area (Å²) in [7, 11) is 0. The van der Waals surface area contributed by atoms with Crippen LogP contribution in [0.2, 0.25) is 0 Å². The highest BCUT2D eigenvalue weighted by Gasteiger charge is 2.03. The lowest BCUT2D eigenvalue weighted by molar-refractivity contribution is 0.449. The average molecular weight is 223 g/mol. The van der Waals surface area contributed by atoms with Crippen molar-refractivity contribution in [1.82, 2.24) is 5.16 Å². The van der Waals surface area contributed by atoms with Gasteiger partial charge in [-0.15, -0.1) is 0 Å². The smallest absolute Gasteiger partial charge is 0.170 e. The number of benzene rings is 1. The van der Waals surface area contributed by atoms with Crippen LogP contribution in [0.5, 0.6) is 0 Å². The van der Waals surface area contributed by atoms with Crippen LogP contribution in [-0.2, 0) is 0 Å². The molecule has 2 aromatic rings. The second kappa shape index (κ2) is 8.96. The molecule has 0 atom stereocenters. The third kappa shape index (κ3) is 3.69. The fourth-order valence-electron chi connectivity index (χ4n) is 1.22. The van der Waals surface area contributed by atoms with Crippen molar-refractivity contribution >= 4 is 11.0 Å². The Morgan fingerprint density at radius 3 is 2.06 bits per heavy atom. The van der Waals surface area contributed by atoms with Crippen molar-refractivity contribution in [2.24, 2.45) is 0 Å². The van der Waals surface area contributed by atoms with Crippen LogP contribution in [0.25, 0.3) is 11.0 Å². The van der Waals surface area contributed by atoms with Crippen LogP contribution < -0.4 is 0 Å². The number of hydrogen-bond donors (Lipinski definition) is 0. The molecule has 0 amide bonds. The first-order valence-corrected chi connectivity index (χ1v) is 5.60. The van der Waals surface area contributed by atoms with Gasteiger partial charge in [0.15, 0.2) is 5.58 Å². The number of aromatic nitrogens is 1. The van der Waals surface area contributed by atoms with Gasteiger partial charge in [0, 0.05) is 5.39 Å². The molecule has 0 saturated carbocycles. The largest absolute Gasteiger partial charge is 0.356 e. The number of nitrogens with zero attached hydrogens (tertiary/aromatic N) is 1. The van der Waals surface area contributed by atoms with E-state index in [0.29, 0.717) is 0 Å². The summed E-state index contributed by atoms with van der Waals surface area (Å²) in [4.78, 5) is 0. The molecule has 0 bridgehead atoms. The van der Waals surface area contributed by atoms with Gasteiger partial charge in [-0.05, 0) is 25.5 Å². The molecule has 92 valence electrons. The molecule has 0 radical (unpaired) electrons. The number of rotatable bonds is 0. The second-order valence-corrected chi connectivity index (χ2v) is 2.72. The van der Waals surface area contributed by atoms with Crippen molar-refractivity contribution in [3.63, 3.8) is 0 Å². The molecule has 0 aliphatic heterocycles. The van der Waals surface area contributed by atoms with E-state index in [4.69, 9.17) is 4.52 Å². The zero-order valence-corrected chi connectivity index (χ0v) is 10.6. The summed E-state index contributed by atoms with van der Waals surface area (Å²) in [5, 5.41) is 5.00. The van der Waals surface area contributed by atoms with Crippen LogP contribution in [-0.4, -0.2) is 5.16 Å². The lowest BCUT2D eigenvalue weighted by atomic mass is 10.1. The first kappa shape index (κ1) is 17.1. The quantitative estimate of drug-likeness (QED) is 0.618. The van der Waals surface area contributed by atoms with Crippen molar-refractivity contribution in [1.29, 1.82) is 0 Å². The molecule has 0 aliphatic carbocycles. The van der Waals surface area contributed by atoms with E-state index in [9.17, 15) is 0 Å².